The van der Waals surface area contributed by atoms with Crippen molar-refractivity contribution in [1.29, 1.82) is 0 Å². The molecule has 1 unspecified atom stereocenters. The number of phenolic OH excluding ortho intramolecular Hbond substituents is 1. The number of hydrogen-bond donors (Lipinski definition) is 3. The van der Waals surface area contributed by atoms with Crippen LogP contribution in [0.5, 0.6) is 5.75 Å². The number of aliphatic hydroxyl groups is 1. The molecule has 4 nitrogen and oxygen atoms in total. The third-order valence-electron chi connectivity index (χ3n) is 2.32. The van der Waals surface area contributed by atoms with Crippen LogP contribution in [0.2, 0.25) is 0 Å². The van der Waals surface area contributed by atoms with E-state index in [-0.39, 0.29) is 29.7 Å². The Kier molecular flexibility index (Phi) is 4.31. The zero-order valence-corrected chi connectivity index (χ0v) is 9.53. The summed E-state index contributed by atoms with van der Waals surface area (Å²) < 4.78 is 0. The highest BCUT2D eigenvalue weighted by Gasteiger charge is 2.11. The first-order valence-corrected chi connectivity index (χ1v) is 5.23. The molecule has 1 rings (SSSR count). The van der Waals surface area contributed by atoms with E-state index in [4.69, 9.17) is 5.11 Å². The van der Waals surface area contributed by atoms with Crippen LogP contribution >= 0.6 is 0 Å². The van der Waals surface area contributed by atoms with Gasteiger partial charge in [-0.25, -0.2) is 0 Å². The minimum absolute atomic E-state index is 0.0101. The number of aliphatic hydroxyl groups excluding tert-OH is 1. The van der Waals surface area contributed by atoms with Gasteiger partial charge in [-0.2, -0.15) is 0 Å². The van der Waals surface area contributed by atoms with Gasteiger partial charge in [-0.1, -0.05) is 18.6 Å². The Bertz CT molecular complexity index is 377. The summed E-state index contributed by atoms with van der Waals surface area (Å²) in [5, 5.41) is 21.0. The Hall–Kier alpha value is -1.55. The summed E-state index contributed by atoms with van der Waals surface area (Å²) >= 11 is 0. The quantitative estimate of drug-likeness (QED) is 0.714. The maximum Gasteiger partial charge on any atom is 0.255 e. The Morgan fingerprint density at radius 2 is 2.19 bits per heavy atom. The van der Waals surface area contributed by atoms with E-state index >= 15 is 0 Å². The third-order valence-corrected chi connectivity index (χ3v) is 2.32. The van der Waals surface area contributed by atoms with Crippen molar-refractivity contribution in [2.45, 2.75) is 13.8 Å². The molecule has 0 bridgehead atoms. The molecule has 1 amide bonds. The second-order valence-electron chi connectivity index (χ2n) is 4.02. The lowest BCUT2D eigenvalue weighted by molar-refractivity contribution is 0.0939. The average Bonchev–Trinajstić information content (AvgIpc) is 2.28. The van der Waals surface area contributed by atoms with Crippen molar-refractivity contribution in [3.8, 4) is 5.75 Å². The molecular formula is C12H17NO3. The maximum absolute atomic E-state index is 11.7. The van der Waals surface area contributed by atoms with Gasteiger partial charge < -0.3 is 15.5 Å². The molecule has 1 atom stereocenters. The molecule has 88 valence electrons. The van der Waals surface area contributed by atoms with Gasteiger partial charge in [0.2, 0.25) is 0 Å². The van der Waals surface area contributed by atoms with Gasteiger partial charge in [-0.3, -0.25) is 4.79 Å². The number of carbonyl (C=O) groups is 1. The molecule has 3 N–H and O–H groups in total. The minimum atomic E-state index is -0.318. The maximum atomic E-state index is 11.7. The molecule has 0 fully saturated rings. The molecule has 0 saturated heterocycles. The molecule has 0 spiro atoms. The Labute approximate surface area is 94.9 Å². The molecule has 0 aliphatic rings. The van der Waals surface area contributed by atoms with Crippen molar-refractivity contribution in [3.05, 3.63) is 29.3 Å². The number of benzene rings is 1. The van der Waals surface area contributed by atoms with Crippen LogP contribution in [-0.2, 0) is 0 Å². The van der Waals surface area contributed by atoms with Crippen LogP contribution in [-0.4, -0.2) is 29.3 Å². The molecule has 1 aromatic rings. The summed E-state index contributed by atoms with van der Waals surface area (Å²) in [6, 6.07) is 4.87. The van der Waals surface area contributed by atoms with Crippen molar-refractivity contribution < 1.29 is 15.0 Å². The van der Waals surface area contributed by atoms with Gasteiger partial charge in [0.1, 0.15) is 5.75 Å². The van der Waals surface area contributed by atoms with Gasteiger partial charge in [0.15, 0.2) is 0 Å². The average molecular weight is 223 g/mol. The molecule has 0 aliphatic carbocycles. The van der Waals surface area contributed by atoms with Gasteiger partial charge in [-0.15, -0.1) is 0 Å². The first-order chi connectivity index (χ1) is 7.54. The van der Waals surface area contributed by atoms with Crippen LogP contribution in [0, 0.1) is 12.8 Å². The van der Waals surface area contributed by atoms with Crippen LogP contribution in [0.25, 0.3) is 0 Å². The van der Waals surface area contributed by atoms with Crippen LogP contribution in [0.4, 0.5) is 0 Å². The monoisotopic (exact) mass is 223 g/mol. The first-order valence-electron chi connectivity index (χ1n) is 5.23. The summed E-state index contributed by atoms with van der Waals surface area (Å²) in [4.78, 5) is 11.7. The van der Waals surface area contributed by atoms with Crippen molar-refractivity contribution in [2.75, 3.05) is 13.2 Å². The Balaban J connectivity index is 2.69. The number of amides is 1. The van der Waals surface area contributed by atoms with Crippen LogP contribution < -0.4 is 5.32 Å². The number of carbonyl (C=O) groups excluding carboxylic acids is 1. The van der Waals surface area contributed by atoms with E-state index in [1.54, 1.807) is 12.1 Å². The molecule has 16 heavy (non-hydrogen) atoms. The largest absolute Gasteiger partial charge is 0.507 e. The van der Waals surface area contributed by atoms with Crippen LogP contribution in [0.1, 0.15) is 22.8 Å². The highest BCUT2D eigenvalue weighted by molar-refractivity contribution is 5.96. The smallest absolute Gasteiger partial charge is 0.255 e. The Morgan fingerprint density at radius 1 is 1.50 bits per heavy atom. The van der Waals surface area contributed by atoms with E-state index in [9.17, 15) is 9.90 Å². The molecule has 0 radical (unpaired) electrons. The molecule has 4 heteroatoms. The van der Waals surface area contributed by atoms with E-state index in [1.807, 2.05) is 13.8 Å². The lowest BCUT2D eigenvalue weighted by Crippen LogP contribution is -2.29. The number of hydrogen-bond acceptors (Lipinski definition) is 3. The molecule has 0 aliphatic heterocycles. The molecule has 0 heterocycles. The Morgan fingerprint density at radius 3 is 2.81 bits per heavy atom. The fourth-order valence-corrected chi connectivity index (χ4v) is 1.26. The summed E-state index contributed by atoms with van der Waals surface area (Å²) in [5.74, 6) is -0.336. The zero-order chi connectivity index (χ0) is 12.1. The van der Waals surface area contributed by atoms with E-state index in [1.165, 1.54) is 6.07 Å². The fourth-order valence-electron chi connectivity index (χ4n) is 1.26. The summed E-state index contributed by atoms with van der Waals surface area (Å²) in [6.07, 6.45) is 0. The van der Waals surface area contributed by atoms with Crippen molar-refractivity contribution in [3.63, 3.8) is 0 Å². The minimum Gasteiger partial charge on any atom is -0.507 e. The first kappa shape index (κ1) is 12.5. The number of aryl methyl sites for hydroxylation is 1. The molecule has 1 aromatic carbocycles. The fraction of sp³-hybridized carbons (Fsp3) is 0.417. The van der Waals surface area contributed by atoms with Gasteiger partial charge in [0, 0.05) is 13.2 Å². The van der Waals surface area contributed by atoms with Gasteiger partial charge >= 0.3 is 0 Å². The highest BCUT2D eigenvalue weighted by Crippen LogP contribution is 2.17. The molecule has 0 aromatic heterocycles. The normalized spacial score (nSPS) is 12.2. The zero-order valence-electron chi connectivity index (χ0n) is 9.53. The van der Waals surface area contributed by atoms with Gasteiger partial charge in [0.05, 0.1) is 5.56 Å². The van der Waals surface area contributed by atoms with Crippen molar-refractivity contribution in [1.82, 2.24) is 5.32 Å². The van der Waals surface area contributed by atoms with E-state index in [2.05, 4.69) is 5.32 Å². The standard InChI is InChI=1S/C12H17NO3/c1-8-3-4-11(15)10(5-8)12(16)13-6-9(2)7-14/h3-5,9,14-15H,6-7H2,1-2H3,(H,13,16). The van der Waals surface area contributed by atoms with Crippen molar-refractivity contribution in [2.24, 2.45) is 5.92 Å². The molecular weight excluding hydrogens is 206 g/mol. The van der Waals surface area contributed by atoms with Crippen molar-refractivity contribution >= 4 is 5.91 Å². The van der Waals surface area contributed by atoms with Crippen LogP contribution in [0.3, 0.4) is 0 Å². The molecule has 0 saturated carbocycles. The van der Waals surface area contributed by atoms with E-state index in [0.29, 0.717) is 6.54 Å². The number of rotatable bonds is 4. The second kappa shape index (κ2) is 5.51. The topological polar surface area (TPSA) is 69.6 Å². The summed E-state index contributed by atoms with van der Waals surface area (Å²) in [6.45, 7) is 4.10. The van der Waals surface area contributed by atoms with Crippen LogP contribution in [0.15, 0.2) is 18.2 Å². The van der Waals surface area contributed by atoms with Gasteiger partial charge in [0.25, 0.3) is 5.91 Å². The summed E-state index contributed by atoms with van der Waals surface area (Å²) in [7, 11) is 0. The number of aromatic hydroxyl groups is 1. The second-order valence-corrected chi connectivity index (χ2v) is 4.02. The summed E-state index contributed by atoms with van der Waals surface area (Å²) in [5.41, 5.74) is 1.18. The number of nitrogens with one attached hydrogen (secondary N) is 1. The number of phenols is 1. The van der Waals surface area contributed by atoms with E-state index in [0.717, 1.165) is 5.56 Å². The lowest BCUT2D eigenvalue weighted by atomic mass is 10.1. The lowest BCUT2D eigenvalue weighted by Gasteiger charge is -2.10. The predicted molar refractivity (Wildman–Crippen MR) is 61.4 cm³/mol. The van der Waals surface area contributed by atoms with Gasteiger partial charge in [-0.05, 0) is 25.0 Å². The third kappa shape index (κ3) is 3.24. The van der Waals surface area contributed by atoms with E-state index < -0.39 is 0 Å². The SMILES string of the molecule is Cc1ccc(O)c(C(=O)NCC(C)CO)c1. The highest BCUT2D eigenvalue weighted by atomic mass is 16.3. The predicted octanol–water partition coefficient (Wildman–Crippen LogP) is 1.06.